The largest absolute Gasteiger partial charge is 0.453 e. The van der Waals surface area contributed by atoms with Crippen LogP contribution in [-0.4, -0.2) is 42.4 Å². The summed E-state index contributed by atoms with van der Waals surface area (Å²) in [5, 5.41) is -0.813. The van der Waals surface area contributed by atoms with Gasteiger partial charge in [-0.3, -0.25) is 4.79 Å². The van der Waals surface area contributed by atoms with Crippen molar-refractivity contribution >= 4 is 23.5 Å². The quantitative estimate of drug-likeness (QED) is 0.569. The van der Waals surface area contributed by atoms with E-state index in [4.69, 9.17) is 16.3 Å². The van der Waals surface area contributed by atoms with Crippen LogP contribution >= 0.6 is 11.6 Å². The van der Waals surface area contributed by atoms with Gasteiger partial charge in [0.2, 0.25) is 0 Å². The van der Waals surface area contributed by atoms with Crippen molar-refractivity contribution in [2.75, 3.05) is 14.2 Å². The smallest absolute Gasteiger partial charge is 0.409 e. The molecule has 0 heterocycles. The zero-order chi connectivity index (χ0) is 18.4. The molecule has 0 aliphatic rings. The first kappa shape index (κ1) is 19.0. The average molecular weight is 360 g/mol. The van der Waals surface area contributed by atoms with Crippen LogP contribution in [0.4, 0.5) is 4.79 Å². The van der Waals surface area contributed by atoms with E-state index < -0.39 is 11.5 Å². The lowest BCUT2D eigenvalue weighted by atomic mass is 9.85. The molecule has 2 rings (SSSR count). The van der Waals surface area contributed by atoms with Crippen LogP contribution in [0.25, 0.3) is 0 Å². The SMILES string of the molecule is COC(=O)N(C)[C@@H](C)[C@H](c1ccccc1)[C@@H](Cl)C(=O)c1ccccc1. The molecule has 0 saturated carbocycles. The number of hydrogen-bond acceptors (Lipinski definition) is 3. The minimum Gasteiger partial charge on any atom is -0.453 e. The summed E-state index contributed by atoms with van der Waals surface area (Å²) in [6.45, 7) is 1.86. The number of nitrogens with zero attached hydrogens (tertiary/aromatic N) is 1. The van der Waals surface area contributed by atoms with E-state index in [0.717, 1.165) is 5.56 Å². The molecule has 0 fully saturated rings. The van der Waals surface area contributed by atoms with Gasteiger partial charge in [-0.15, -0.1) is 11.6 Å². The molecule has 0 radical (unpaired) electrons. The van der Waals surface area contributed by atoms with Crippen molar-refractivity contribution < 1.29 is 14.3 Å². The molecular weight excluding hydrogens is 338 g/mol. The van der Waals surface area contributed by atoms with Crippen LogP contribution in [0.15, 0.2) is 60.7 Å². The number of carbonyl (C=O) groups is 2. The Balaban J connectivity index is 2.38. The minimum atomic E-state index is -0.813. The number of amides is 1. The first-order valence-corrected chi connectivity index (χ1v) is 8.50. The number of ketones is 1. The molecule has 0 aliphatic heterocycles. The van der Waals surface area contributed by atoms with E-state index in [1.165, 1.54) is 12.0 Å². The van der Waals surface area contributed by atoms with Gasteiger partial charge in [-0.2, -0.15) is 0 Å². The van der Waals surface area contributed by atoms with Crippen LogP contribution in [0.3, 0.4) is 0 Å². The molecule has 0 saturated heterocycles. The number of ether oxygens (including phenoxy) is 1. The fourth-order valence-corrected chi connectivity index (χ4v) is 3.33. The number of alkyl halides is 1. The van der Waals surface area contributed by atoms with E-state index in [0.29, 0.717) is 5.56 Å². The molecule has 0 N–H and O–H groups in total. The second kappa shape index (κ2) is 8.67. The highest BCUT2D eigenvalue weighted by molar-refractivity contribution is 6.34. The third kappa shape index (κ3) is 4.40. The third-order valence-electron chi connectivity index (χ3n) is 4.40. The highest BCUT2D eigenvalue weighted by atomic mass is 35.5. The molecule has 2 aromatic rings. The van der Waals surface area contributed by atoms with Crippen molar-refractivity contribution in [3.63, 3.8) is 0 Å². The van der Waals surface area contributed by atoms with E-state index in [2.05, 4.69) is 0 Å². The Bertz CT molecular complexity index is 705. The second-order valence-electron chi connectivity index (χ2n) is 5.89. The van der Waals surface area contributed by atoms with Crippen LogP contribution < -0.4 is 0 Å². The Labute approximate surface area is 153 Å². The van der Waals surface area contributed by atoms with Gasteiger partial charge in [-0.1, -0.05) is 60.7 Å². The van der Waals surface area contributed by atoms with E-state index in [-0.39, 0.29) is 17.7 Å². The summed E-state index contributed by atoms with van der Waals surface area (Å²) < 4.78 is 4.80. The summed E-state index contributed by atoms with van der Waals surface area (Å²) in [4.78, 5) is 26.2. The van der Waals surface area contributed by atoms with Crippen molar-refractivity contribution in [2.45, 2.75) is 24.3 Å². The Morgan fingerprint density at radius 1 is 1.00 bits per heavy atom. The van der Waals surface area contributed by atoms with Gasteiger partial charge in [-0.05, 0) is 12.5 Å². The molecule has 132 valence electrons. The van der Waals surface area contributed by atoms with E-state index in [1.54, 1.807) is 31.3 Å². The predicted octanol–water partition coefficient (Wildman–Crippen LogP) is 4.35. The van der Waals surface area contributed by atoms with Crippen LogP contribution in [0.1, 0.15) is 28.8 Å². The van der Waals surface area contributed by atoms with Crippen molar-refractivity contribution in [3.05, 3.63) is 71.8 Å². The number of benzene rings is 2. The Hall–Kier alpha value is -2.33. The highest BCUT2D eigenvalue weighted by Gasteiger charge is 2.36. The van der Waals surface area contributed by atoms with Gasteiger partial charge < -0.3 is 9.64 Å². The van der Waals surface area contributed by atoms with Gasteiger partial charge in [0.1, 0.15) is 5.38 Å². The summed E-state index contributed by atoms with van der Waals surface area (Å²) in [7, 11) is 2.97. The normalized spacial score (nSPS) is 14.2. The average Bonchev–Trinajstić information content (AvgIpc) is 2.67. The minimum absolute atomic E-state index is 0.166. The second-order valence-corrected chi connectivity index (χ2v) is 6.36. The Morgan fingerprint density at radius 3 is 2.04 bits per heavy atom. The summed E-state index contributed by atoms with van der Waals surface area (Å²) in [5.41, 5.74) is 1.45. The molecule has 25 heavy (non-hydrogen) atoms. The highest BCUT2D eigenvalue weighted by Crippen LogP contribution is 2.32. The lowest BCUT2D eigenvalue weighted by Crippen LogP contribution is -2.43. The van der Waals surface area contributed by atoms with Gasteiger partial charge in [-0.25, -0.2) is 4.79 Å². The van der Waals surface area contributed by atoms with Crippen molar-refractivity contribution in [1.82, 2.24) is 4.90 Å². The third-order valence-corrected chi connectivity index (χ3v) is 4.87. The number of halogens is 1. The lowest BCUT2D eigenvalue weighted by Gasteiger charge is -2.33. The summed E-state index contributed by atoms with van der Waals surface area (Å²) in [6, 6.07) is 18.1. The summed E-state index contributed by atoms with van der Waals surface area (Å²) in [5.74, 6) is -0.541. The molecule has 0 bridgehead atoms. The van der Waals surface area contributed by atoms with Crippen LogP contribution in [0.2, 0.25) is 0 Å². The molecular formula is C20H22ClNO3. The molecule has 3 atom stereocenters. The van der Waals surface area contributed by atoms with Crippen molar-refractivity contribution in [2.24, 2.45) is 0 Å². The van der Waals surface area contributed by atoms with E-state index in [1.807, 2.05) is 43.3 Å². The summed E-state index contributed by atoms with van der Waals surface area (Å²) >= 11 is 6.62. The Morgan fingerprint density at radius 2 is 1.52 bits per heavy atom. The zero-order valence-electron chi connectivity index (χ0n) is 14.6. The fraction of sp³-hybridized carbons (Fsp3) is 0.300. The van der Waals surface area contributed by atoms with Crippen molar-refractivity contribution in [1.29, 1.82) is 0 Å². The van der Waals surface area contributed by atoms with E-state index >= 15 is 0 Å². The topological polar surface area (TPSA) is 46.6 Å². The fourth-order valence-electron chi connectivity index (χ4n) is 2.84. The first-order chi connectivity index (χ1) is 12.0. The zero-order valence-corrected chi connectivity index (χ0v) is 15.3. The van der Waals surface area contributed by atoms with Gasteiger partial charge >= 0.3 is 6.09 Å². The van der Waals surface area contributed by atoms with Gasteiger partial charge in [0.15, 0.2) is 5.78 Å². The molecule has 5 heteroatoms. The van der Waals surface area contributed by atoms with E-state index in [9.17, 15) is 9.59 Å². The maximum Gasteiger partial charge on any atom is 0.409 e. The molecule has 4 nitrogen and oxygen atoms in total. The van der Waals surface area contributed by atoms with Crippen molar-refractivity contribution in [3.8, 4) is 0 Å². The molecule has 0 spiro atoms. The summed E-state index contributed by atoms with van der Waals surface area (Å²) in [6.07, 6.45) is -0.468. The standard InChI is InChI=1S/C20H22ClNO3/c1-14(22(2)20(24)25-3)17(15-10-6-4-7-11-15)18(21)19(23)16-12-8-5-9-13-16/h4-14,17-18H,1-3H3/t14-,17+,18+/m0/s1. The molecule has 2 aromatic carbocycles. The predicted molar refractivity (Wildman–Crippen MR) is 99.2 cm³/mol. The number of likely N-dealkylation sites (N-methyl/N-ethyl adjacent to an activating group) is 1. The monoisotopic (exact) mass is 359 g/mol. The molecule has 0 aliphatic carbocycles. The molecule has 0 unspecified atom stereocenters. The molecule has 0 aromatic heterocycles. The first-order valence-electron chi connectivity index (χ1n) is 8.06. The number of rotatable bonds is 6. The lowest BCUT2D eigenvalue weighted by molar-refractivity contribution is 0.0932. The number of carbonyl (C=O) groups excluding carboxylic acids is 2. The van der Waals surface area contributed by atoms with Crippen LogP contribution in [0, 0.1) is 0 Å². The van der Waals surface area contributed by atoms with Gasteiger partial charge in [0.25, 0.3) is 0 Å². The number of methoxy groups -OCH3 is 1. The Kier molecular flexibility index (Phi) is 6.59. The van der Waals surface area contributed by atoms with Crippen LogP contribution in [-0.2, 0) is 4.74 Å². The maximum atomic E-state index is 12.9. The van der Waals surface area contributed by atoms with Gasteiger partial charge in [0.05, 0.1) is 7.11 Å². The van der Waals surface area contributed by atoms with Gasteiger partial charge in [0, 0.05) is 24.6 Å². The maximum absolute atomic E-state index is 12.9. The van der Waals surface area contributed by atoms with Crippen LogP contribution in [0.5, 0.6) is 0 Å². The number of Topliss-reactive ketones (excluding diaryl/α,β-unsaturated/α-hetero) is 1. The number of hydrogen-bond donors (Lipinski definition) is 0. The molecule has 1 amide bonds.